The molecule has 0 unspecified atom stereocenters. The molecule has 0 spiro atoms. The quantitative estimate of drug-likeness (QED) is 0.229. The normalized spacial score (nSPS) is 11.4. The third-order valence-corrected chi connectivity index (χ3v) is 6.31. The summed E-state index contributed by atoms with van der Waals surface area (Å²) in [4.78, 5) is 16.1. The second-order valence-corrected chi connectivity index (χ2v) is 9.17. The predicted molar refractivity (Wildman–Crippen MR) is 94.0 cm³/mol. The molecule has 19 heavy (non-hydrogen) atoms. The first-order valence-corrected chi connectivity index (χ1v) is 11.5. The molecule has 1 aromatic rings. The molecular weight excluding hydrogens is 338 g/mol. The summed E-state index contributed by atoms with van der Waals surface area (Å²) in [6, 6.07) is 9.15. The lowest BCUT2D eigenvalue weighted by Crippen LogP contribution is -2.05. The summed E-state index contributed by atoms with van der Waals surface area (Å²) in [5.41, 5.74) is 0.672. The van der Waals surface area contributed by atoms with Crippen molar-refractivity contribution in [3.63, 3.8) is 0 Å². The number of hydrogen-bond acceptors (Lipinski definition) is 8. The van der Waals surface area contributed by atoms with Gasteiger partial charge in [0.1, 0.15) is 17.6 Å². The van der Waals surface area contributed by atoms with Crippen LogP contribution in [0.1, 0.15) is 10.4 Å². The Bertz CT molecular complexity index is 403. The van der Waals surface area contributed by atoms with Crippen LogP contribution in [-0.4, -0.2) is 30.1 Å². The first-order valence-electron chi connectivity index (χ1n) is 5.15. The maximum absolute atomic E-state index is 11.9. The number of rotatable bonds is 7. The third kappa shape index (κ3) is 7.45. The van der Waals surface area contributed by atoms with Gasteiger partial charge in [0.25, 0.3) is 5.23 Å². The molecule has 0 saturated carbocycles. The summed E-state index contributed by atoms with van der Waals surface area (Å²) in [6.07, 6.45) is 3.90. The second-order valence-electron chi connectivity index (χ2n) is 3.01. The van der Waals surface area contributed by atoms with Gasteiger partial charge in [-0.2, -0.15) is 0 Å². The van der Waals surface area contributed by atoms with E-state index in [4.69, 9.17) is 4.18 Å². The molecule has 0 amide bonds. The van der Waals surface area contributed by atoms with Crippen molar-refractivity contribution in [2.24, 2.45) is 4.99 Å². The van der Waals surface area contributed by atoms with Crippen LogP contribution < -0.4 is 0 Å². The van der Waals surface area contributed by atoms with Gasteiger partial charge in [-0.3, -0.25) is 4.79 Å². The Kier molecular flexibility index (Phi) is 9.80. The molecule has 0 aliphatic rings. The van der Waals surface area contributed by atoms with Crippen molar-refractivity contribution in [1.82, 2.24) is 0 Å². The molecule has 0 saturated heterocycles. The molecule has 8 heteroatoms. The third-order valence-electron chi connectivity index (χ3n) is 1.79. The Morgan fingerprint density at radius 2 is 1.95 bits per heavy atom. The van der Waals surface area contributed by atoms with E-state index in [0.717, 1.165) is 0 Å². The van der Waals surface area contributed by atoms with Crippen molar-refractivity contribution in [2.75, 3.05) is 19.1 Å². The van der Waals surface area contributed by atoms with Crippen LogP contribution in [-0.2, 0) is 4.18 Å². The number of hydrogen-bond donors (Lipinski definition) is 0. The highest BCUT2D eigenvalue weighted by Gasteiger charge is 2.08. The number of carbonyl (C=O) groups excluding carboxylic acids is 1. The second kappa shape index (κ2) is 10.8. The van der Waals surface area contributed by atoms with E-state index in [1.807, 2.05) is 30.7 Å². The van der Waals surface area contributed by atoms with Gasteiger partial charge in [-0.05, 0) is 22.3 Å². The van der Waals surface area contributed by atoms with Gasteiger partial charge in [-0.1, -0.05) is 51.9 Å². The molecule has 0 fully saturated rings. The Morgan fingerprint density at radius 1 is 1.21 bits per heavy atom. The maximum Gasteiger partial charge on any atom is 0.272 e. The Balaban J connectivity index is 2.56. The molecule has 0 N–H and O–H groups in total. The number of ketones is 1. The van der Waals surface area contributed by atoms with Gasteiger partial charge in [0.05, 0.1) is 0 Å². The van der Waals surface area contributed by atoms with Crippen LogP contribution in [0, 0.1) is 0 Å². The highest BCUT2D eigenvalue weighted by Crippen LogP contribution is 2.35. The van der Waals surface area contributed by atoms with Gasteiger partial charge in [0.2, 0.25) is 0 Å². The zero-order valence-corrected chi connectivity index (χ0v) is 14.5. The summed E-state index contributed by atoms with van der Waals surface area (Å²) in [6.45, 7) is 0.107. The molecule has 1 rings (SSSR count). The predicted octanol–water partition coefficient (Wildman–Crippen LogP) is 4.83. The molecule has 104 valence electrons. The van der Waals surface area contributed by atoms with E-state index in [1.54, 1.807) is 32.8 Å². The molecule has 1 aromatic carbocycles. The van der Waals surface area contributed by atoms with Gasteiger partial charge < -0.3 is 4.18 Å². The Labute approximate surface area is 132 Å². The first-order chi connectivity index (χ1) is 9.27. The monoisotopic (exact) mass is 351 g/mol. The van der Waals surface area contributed by atoms with Gasteiger partial charge in [-0.25, -0.2) is 4.99 Å². The van der Waals surface area contributed by atoms with Gasteiger partial charge >= 0.3 is 0 Å². The molecule has 0 heterocycles. The highest BCUT2D eigenvalue weighted by molar-refractivity contribution is 9.12. The van der Waals surface area contributed by atoms with Crippen molar-refractivity contribution >= 4 is 64.3 Å². The molecule has 0 bridgehead atoms. The average Bonchev–Trinajstić information content (AvgIpc) is 2.47. The standard InChI is InChI=1S/C11H13NO2S5/c1-15-18-14-11(17-19-16-2)12-8-10(13)9-6-4-3-5-7-9/h3-7H,8H2,1-2H3. The van der Waals surface area contributed by atoms with Crippen molar-refractivity contribution in [3.05, 3.63) is 35.9 Å². The zero-order valence-electron chi connectivity index (χ0n) is 10.4. The topological polar surface area (TPSA) is 38.7 Å². The fourth-order valence-corrected chi connectivity index (χ4v) is 4.13. The summed E-state index contributed by atoms with van der Waals surface area (Å²) < 4.78 is 5.39. The molecule has 3 nitrogen and oxygen atoms in total. The van der Waals surface area contributed by atoms with Crippen LogP contribution in [0.5, 0.6) is 0 Å². The minimum atomic E-state index is -0.00870. The molecule has 0 aliphatic heterocycles. The van der Waals surface area contributed by atoms with E-state index < -0.39 is 0 Å². The zero-order chi connectivity index (χ0) is 13.9. The summed E-state index contributed by atoms with van der Waals surface area (Å²) in [5.74, 6) is -0.00870. The number of nitrogens with zero attached hydrogens (tertiary/aromatic N) is 1. The SMILES string of the molecule is CSSOC(=NCC(=O)c1ccccc1)SSSC. The van der Waals surface area contributed by atoms with Crippen molar-refractivity contribution in [2.45, 2.75) is 0 Å². The fraction of sp³-hybridized carbons (Fsp3) is 0.273. The number of carbonyl (C=O) groups is 1. The van der Waals surface area contributed by atoms with Crippen molar-refractivity contribution < 1.29 is 8.98 Å². The molecule has 0 atom stereocenters. The molecule has 0 aromatic heterocycles. The number of Topliss-reactive ketones (excluding diaryl/α,β-unsaturated/α-hetero) is 1. The highest BCUT2D eigenvalue weighted by atomic mass is 33.5. The smallest absolute Gasteiger partial charge is 0.272 e. The summed E-state index contributed by atoms with van der Waals surface area (Å²) >= 11 is 1.25. The van der Waals surface area contributed by atoms with E-state index in [0.29, 0.717) is 10.8 Å². The summed E-state index contributed by atoms with van der Waals surface area (Å²) in [5, 5.41) is 0.517. The lowest BCUT2D eigenvalue weighted by Gasteiger charge is -2.03. The van der Waals surface area contributed by atoms with E-state index in [-0.39, 0.29) is 12.3 Å². The Hall–Kier alpha value is 0.110. The molecule has 0 radical (unpaired) electrons. The van der Waals surface area contributed by atoms with Crippen LogP contribution in [0.2, 0.25) is 0 Å². The average molecular weight is 352 g/mol. The van der Waals surface area contributed by atoms with Gasteiger partial charge in [0.15, 0.2) is 5.78 Å². The Morgan fingerprint density at radius 3 is 2.58 bits per heavy atom. The lowest BCUT2D eigenvalue weighted by molar-refractivity contribution is 0.100. The molecule has 0 aliphatic carbocycles. The van der Waals surface area contributed by atoms with Crippen LogP contribution in [0.4, 0.5) is 0 Å². The van der Waals surface area contributed by atoms with E-state index in [1.165, 1.54) is 32.7 Å². The van der Waals surface area contributed by atoms with E-state index >= 15 is 0 Å². The minimum Gasteiger partial charge on any atom is -0.387 e. The minimum absolute atomic E-state index is 0.00870. The van der Waals surface area contributed by atoms with E-state index in [9.17, 15) is 4.79 Å². The molecular formula is C11H13NO2S5. The summed E-state index contributed by atoms with van der Waals surface area (Å²) in [7, 11) is 6.08. The van der Waals surface area contributed by atoms with Crippen molar-refractivity contribution in [3.8, 4) is 0 Å². The fourth-order valence-electron chi connectivity index (χ4n) is 1.04. The van der Waals surface area contributed by atoms with Gasteiger partial charge in [-0.15, -0.1) is 0 Å². The van der Waals surface area contributed by atoms with Crippen LogP contribution in [0.15, 0.2) is 35.3 Å². The van der Waals surface area contributed by atoms with E-state index in [2.05, 4.69) is 4.99 Å². The first kappa shape index (κ1) is 17.2. The van der Waals surface area contributed by atoms with Gasteiger partial charge in [0, 0.05) is 16.4 Å². The van der Waals surface area contributed by atoms with Crippen LogP contribution in [0.25, 0.3) is 0 Å². The number of aliphatic imine (C=N–C) groups is 1. The largest absolute Gasteiger partial charge is 0.387 e. The number of benzene rings is 1. The van der Waals surface area contributed by atoms with Crippen LogP contribution >= 0.6 is 53.3 Å². The van der Waals surface area contributed by atoms with Crippen molar-refractivity contribution in [1.29, 1.82) is 0 Å². The lowest BCUT2D eigenvalue weighted by atomic mass is 10.1. The maximum atomic E-state index is 11.9. The van der Waals surface area contributed by atoms with Crippen LogP contribution in [0.3, 0.4) is 0 Å².